The Hall–Kier alpha value is -0.800. The van der Waals surface area contributed by atoms with Gasteiger partial charge in [0, 0.05) is 12.6 Å². The Bertz CT molecular complexity index is 306. The van der Waals surface area contributed by atoms with Gasteiger partial charge in [-0.05, 0) is 43.9 Å². The van der Waals surface area contributed by atoms with Gasteiger partial charge in [0.25, 0.3) is 0 Å². The Morgan fingerprint density at radius 2 is 2.35 bits per heavy atom. The van der Waals surface area contributed by atoms with Gasteiger partial charge in [0.1, 0.15) is 5.76 Å². The first-order valence-electron chi connectivity index (χ1n) is 6.80. The highest BCUT2D eigenvalue weighted by molar-refractivity contribution is 5.00. The van der Waals surface area contributed by atoms with Crippen LogP contribution in [0.25, 0.3) is 0 Å². The molecule has 1 aromatic heterocycles. The van der Waals surface area contributed by atoms with E-state index < -0.39 is 0 Å². The molecule has 1 fully saturated rings. The minimum Gasteiger partial charge on any atom is -0.468 e. The van der Waals surface area contributed by atoms with Crippen LogP contribution >= 0.6 is 0 Å². The second-order valence-electron chi connectivity index (χ2n) is 5.13. The fraction of sp³-hybridized carbons (Fsp3) is 0.714. The summed E-state index contributed by atoms with van der Waals surface area (Å²) in [7, 11) is 0. The largest absolute Gasteiger partial charge is 0.468 e. The van der Waals surface area contributed by atoms with Crippen LogP contribution in [0.2, 0.25) is 0 Å². The third kappa shape index (κ3) is 3.86. The third-order valence-electron chi connectivity index (χ3n) is 3.53. The Labute approximate surface area is 104 Å². The van der Waals surface area contributed by atoms with Crippen LogP contribution in [0, 0.1) is 5.92 Å². The van der Waals surface area contributed by atoms with Crippen molar-refractivity contribution in [3.63, 3.8) is 0 Å². The number of nitrogens with zero attached hydrogens (tertiary/aromatic N) is 1. The van der Waals surface area contributed by atoms with Crippen molar-refractivity contribution < 1.29 is 4.42 Å². The summed E-state index contributed by atoms with van der Waals surface area (Å²) in [5.41, 5.74) is 5.85. The summed E-state index contributed by atoms with van der Waals surface area (Å²) < 4.78 is 5.44. The van der Waals surface area contributed by atoms with E-state index in [0.29, 0.717) is 5.92 Å². The second kappa shape index (κ2) is 6.22. The molecule has 0 aliphatic heterocycles. The standard InChI is InChI=1S/C14H24N2O/c1-2-4-12(9-15)10-16(13-6-7-13)11-14-5-3-8-17-14/h3,5,8,12-13H,2,4,6-7,9-11,15H2,1H3. The molecule has 0 spiro atoms. The van der Waals surface area contributed by atoms with Gasteiger partial charge in [-0.25, -0.2) is 0 Å². The Morgan fingerprint density at radius 3 is 2.88 bits per heavy atom. The molecule has 3 heteroatoms. The van der Waals surface area contributed by atoms with Gasteiger partial charge < -0.3 is 10.2 Å². The average molecular weight is 236 g/mol. The van der Waals surface area contributed by atoms with E-state index in [2.05, 4.69) is 17.9 Å². The highest BCUT2D eigenvalue weighted by Crippen LogP contribution is 2.29. The van der Waals surface area contributed by atoms with E-state index in [4.69, 9.17) is 10.2 Å². The van der Waals surface area contributed by atoms with E-state index in [1.807, 2.05) is 6.07 Å². The molecule has 1 aromatic rings. The summed E-state index contributed by atoms with van der Waals surface area (Å²) in [4.78, 5) is 2.55. The summed E-state index contributed by atoms with van der Waals surface area (Å²) in [5, 5.41) is 0. The Morgan fingerprint density at radius 1 is 1.53 bits per heavy atom. The van der Waals surface area contributed by atoms with Gasteiger partial charge in [0.05, 0.1) is 12.8 Å². The van der Waals surface area contributed by atoms with E-state index in [1.54, 1.807) is 6.26 Å². The maximum atomic E-state index is 5.85. The lowest BCUT2D eigenvalue weighted by Crippen LogP contribution is -2.34. The molecule has 17 heavy (non-hydrogen) atoms. The summed E-state index contributed by atoms with van der Waals surface area (Å²) in [6.07, 6.45) is 6.89. The molecule has 1 saturated carbocycles. The summed E-state index contributed by atoms with van der Waals surface area (Å²) >= 11 is 0. The van der Waals surface area contributed by atoms with Crippen LogP contribution in [0.4, 0.5) is 0 Å². The van der Waals surface area contributed by atoms with E-state index in [9.17, 15) is 0 Å². The van der Waals surface area contributed by atoms with Crippen LogP contribution in [0.15, 0.2) is 22.8 Å². The molecule has 1 aliphatic rings. The molecule has 1 heterocycles. The smallest absolute Gasteiger partial charge is 0.117 e. The maximum Gasteiger partial charge on any atom is 0.117 e. The van der Waals surface area contributed by atoms with Crippen LogP contribution in [-0.4, -0.2) is 24.0 Å². The number of nitrogens with two attached hydrogens (primary N) is 1. The summed E-state index contributed by atoms with van der Waals surface area (Å²) in [6.45, 7) is 5.10. The minimum atomic E-state index is 0.635. The van der Waals surface area contributed by atoms with Gasteiger partial charge in [-0.1, -0.05) is 13.3 Å². The SMILES string of the molecule is CCCC(CN)CN(Cc1ccco1)C1CC1. The number of hydrogen-bond donors (Lipinski definition) is 1. The molecule has 0 aromatic carbocycles. The molecule has 1 aliphatic carbocycles. The molecule has 2 rings (SSSR count). The van der Waals surface area contributed by atoms with Crippen LogP contribution in [0.1, 0.15) is 38.4 Å². The molecule has 0 amide bonds. The van der Waals surface area contributed by atoms with Crippen LogP contribution in [0.3, 0.4) is 0 Å². The topological polar surface area (TPSA) is 42.4 Å². The first-order chi connectivity index (χ1) is 8.33. The van der Waals surface area contributed by atoms with Crippen molar-refractivity contribution in [2.45, 2.75) is 45.2 Å². The van der Waals surface area contributed by atoms with Gasteiger partial charge in [0.2, 0.25) is 0 Å². The highest BCUT2D eigenvalue weighted by atomic mass is 16.3. The van der Waals surface area contributed by atoms with Crippen LogP contribution in [-0.2, 0) is 6.54 Å². The molecule has 96 valence electrons. The third-order valence-corrected chi connectivity index (χ3v) is 3.53. The van der Waals surface area contributed by atoms with Gasteiger partial charge >= 0.3 is 0 Å². The van der Waals surface area contributed by atoms with Crippen molar-refractivity contribution in [1.82, 2.24) is 4.90 Å². The predicted octanol–water partition coefficient (Wildman–Crippen LogP) is 2.62. The first-order valence-corrected chi connectivity index (χ1v) is 6.80. The van der Waals surface area contributed by atoms with Gasteiger partial charge in [-0.2, -0.15) is 0 Å². The molecule has 2 N–H and O–H groups in total. The average Bonchev–Trinajstić information content (AvgIpc) is 3.06. The van der Waals surface area contributed by atoms with Crippen LogP contribution in [0.5, 0.6) is 0 Å². The van der Waals surface area contributed by atoms with Crippen molar-refractivity contribution in [2.24, 2.45) is 11.7 Å². The first kappa shape index (κ1) is 12.7. The molecule has 1 atom stereocenters. The zero-order chi connectivity index (χ0) is 12.1. The van der Waals surface area contributed by atoms with E-state index >= 15 is 0 Å². The molecular formula is C14H24N2O. The maximum absolute atomic E-state index is 5.85. The van der Waals surface area contributed by atoms with Crippen molar-refractivity contribution in [2.75, 3.05) is 13.1 Å². The van der Waals surface area contributed by atoms with Crippen molar-refractivity contribution >= 4 is 0 Å². The van der Waals surface area contributed by atoms with E-state index in [0.717, 1.165) is 31.4 Å². The zero-order valence-corrected chi connectivity index (χ0v) is 10.8. The summed E-state index contributed by atoms with van der Waals surface area (Å²) in [5.74, 6) is 1.71. The summed E-state index contributed by atoms with van der Waals surface area (Å²) in [6, 6.07) is 4.80. The van der Waals surface area contributed by atoms with Crippen LogP contribution < -0.4 is 5.73 Å². The Balaban J connectivity index is 1.88. The van der Waals surface area contributed by atoms with Crippen molar-refractivity contribution in [1.29, 1.82) is 0 Å². The Kier molecular flexibility index (Phi) is 4.63. The lowest BCUT2D eigenvalue weighted by Gasteiger charge is -2.25. The molecule has 1 unspecified atom stereocenters. The van der Waals surface area contributed by atoms with Gasteiger partial charge in [-0.15, -0.1) is 0 Å². The van der Waals surface area contributed by atoms with Gasteiger partial charge in [0.15, 0.2) is 0 Å². The number of hydrogen-bond acceptors (Lipinski definition) is 3. The van der Waals surface area contributed by atoms with E-state index in [1.165, 1.54) is 25.7 Å². The number of rotatable bonds is 8. The minimum absolute atomic E-state index is 0.635. The quantitative estimate of drug-likeness (QED) is 0.754. The monoisotopic (exact) mass is 236 g/mol. The second-order valence-corrected chi connectivity index (χ2v) is 5.13. The number of furan rings is 1. The van der Waals surface area contributed by atoms with Crippen molar-refractivity contribution in [3.05, 3.63) is 24.2 Å². The zero-order valence-electron chi connectivity index (χ0n) is 10.8. The van der Waals surface area contributed by atoms with Gasteiger partial charge in [-0.3, -0.25) is 4.90 Å². The molecular weight excluding hydrogens is 212 g/mol. The molecule has 0 radical (unpaired) electrons. The fourth-order valence-electron chi connectivity index (χ4n) is 2.41. The molecule has 3 nitrogen and oxygen atoms in total. The lowest BCUT2D eigenvalue weighted by molar-refractivity contribution is 0.194. The highest BCUT2D eigenvalue weighted by Gasteiger charge is 2.30. The predicted molar refractivity (Wildman–Crippen MR) is 69.6 cm³/mol. The normalized spacial score (nSPS) is 17.6. The lowest BCUT2D eigenvalue weighted by atomic mass is 10.0. The molecule has 0 bridgehead atoms. The van der Waals surface area contributed by atoms with E-state index in [-0.39, 0.29) is 0 Å². The van der Waals surface area contributed by atoms with Crippen molar-refractivity contribution in [3.8, 4) is 0 Å². The fourth-order valence-corrected chi connectivity index (χ4v) is 2.41. The molecule has 0 saturated heterocycles.